The molecule has 0 spiro atoms. The van der Waals surface area contributed by atoms with Crippen molar-refractivity contribution in [2.45, 2.75) is 25.3 Å². The molecule has 1 aliphatic carbocycles. The van der Waals surface area contributed by atoms with Crippen LogP contribution >= 0.6 is 0 Å². The van der Waals surface area contributed by atoms with Crippen LogP contribution in [0, 0.1) is 0 Å². The molecule has 2 heteroatoms. The first-order chi connectivity index (χ1) is 5.75. The zero-order chi connectivity index (χ0) is 8.55. The van der Waals surface area contributed by atoms with Crippen molar-refractivity contribution in [1.82, 2.24) is 0 Å². The Morgan fingerprint density at radius 3 is 3.00 bits per heavy atom. The summed E-state index contributed by atoms with van der Waals surface area (Å²) in [6, 6.07) is 5.85. The van der Waals surface area contributed by atoms with Crippen LogP contribution < -0.4 is 5.73 Å². The number of hydrogen-bond donors (Lipinski definition) is 2. The van der Waals surface area contributed by atoms with E-state index < -0.39 is 0 Å². The van der Waals surface area contributed by atoms with Crippen LogP contribution in [-0.2, 0) is 12.8 Å². The fraction of sp³-hybridized carbons (Fsp3) is 0.400. The average Bonchev–Trinajstić information content (AvgIpc) is 2.03. The Hall–Kier alpha value is -1.02. The van der Waals surface area contributed by atoms with Crippen LogP contribution in [0.15, 0.2) is 18.2 Å². The standard InChI is InChI=1S/C10H13NO/c11-9-3-1-7-2-4-10(12)6-8(7)5-9/h2,4,6,9,12H,1,3,5,11H2/t9-/m1/s1. The molecule has 0 aliphatic heterocycles. The van der Waals surface area contributed by atoms with Gasteiger partial charge in [0.1, 0.15) is 5.75 Å². The SMILES string of the molecule is N[C@@H]1CCc2ccc(O)cc2C1. The van der Waals surface area contributed by atoms with Crippen molar-refractivity contribution < 1.29 is 5.11 Å². The molecule has 0 unspecified atom stereocenters. The highest BCUT2D eigenvalue weighted by molar-refractivity contribution is 5.37. The van der Waals surface area contributed by atoms with Crippen molar-refractivity contribution in [3.05, 3.63) is 29.3 Å². The van der Waals surface area contributed by atoms with Crippen LogP contribution in [0.4, 0.5) is 0 Å². The third-order valence-corrected chi connectivity index (χ3v) is 2.46. The molecular weight excluding hydrogens is 150 g/mol. The lowest BCUT2D eigenvalue weighted by molar-refractivity contribution is 0.472. The summed E-state index contributed by atoms with van der Waals surface area (Å²) in [5.41, 5.74) is 8.38. The van der Waals surface area contributed by atoms with Crippen molar-refractivity contribution in [3.8, 4) is 5.75 Å². The summed E-state index contributed by atoms with van der Waals surface area (Å²) in [5, 5.41) is 9.23. The molecule has 2 rings (SSSR count). The van der Waals surface area contributed by atoms with Gasteiger partial charge in [0.2, 0.25) is 0 Å². The minimum absolute atomic E-state index is 0.277. The second kappa shape index (κ2) is 2.79. The normalized spacial score (nSPS) is 21.9. The molecule has 0 saturated carbocycles. The van der Waals surface area contributed by atoms with Crippen molar-refractivity contribution in [2.24, 2.45) is 5.73 Å². The maximum atomic E-state index is 9.23. The van der Waals surface area contributed by atoms with Crippen LogP contribution in [0.25, 0.3) is 0 Å². The van der Waals surface area contributed by atoms with E-state index in [2.05, 4.69) is 0 Å². The minimum Gasteiger partial charge on any atom is -0.508 e. The van der Waals surface area contributed by atoms with E-state index in [0.29, 0.717) is 5.75 Å². The number of phenols is 1. The molecule has 0 bridgehead atoms. The zero-order valence-electron chi connectivity index (χ0n) is 6.96. The summed E-state index contributed by atoms with van der Waals surface area (Å²) in [5.74, 6) is 0.350. The van der Waals surface area contributed by atoms with Gasteiger partial charge in [-0.05, 0) is 42.5 Å². The molecule has 1 aliphatic rings. The van der Waals surface area contributed by atoms with Gasteiger partial charge in [0.05, 0.1) is 0 Å². The number of aromatic hydroxyl groups is 1. The van der Waals surface area contributed by atoms with Gasteiger partial charge in [0.25, 0.3) is 0 Å². The van der Waals surface area contributed by atoms with Crippen molar-refractivity contribution >= 4 is 0 Å². The summed E-state index contributed by atoms with van der Waals surface area (Å²) in [4.78, 5) is 0. The Balaban J connectivity index is 2.37. The largest absolute Gasteiger partial charge is 0.508 e. The van der Waals surface area contributed by atoms with Gasteiger partial charge in [-0.1, -0.05) is 6.07 Å². The monoisotopic (exact) mass is 163 g/mol. The Labute approximate surface area is 72.0 Å². The van der Waals surface area contributed by atoms with E-state index in [-0.39, 0.29) is 6.04 Å². The second-order valence-electron chi connectivity index (χ2n) is 3.46. The van der Waals surface area contributed by atoms with Gasteiger partial charge in [-0.15, -0.1) is 0 Å². The van der Waals surface area contributed by atoms with Crippen LogP contribution in [-0.4, -0.2) is 11.1 Å². The highest BCUT2D eigenvalue weighted by Crippen LogP contribution is 2.23. The van der Waals surface area contributed by atoms with Crippen LogP contribution in [0.1, 0.15) is 17.5 Å². The molecule has 1 atom stereocenters. The third-order valence-electron chi connectivity index (χ3n) is 2.46. The fourth-order valence-corrected chi connectivity index (χ4v) is 1.77. The molecular formula is C10H13NO. The summed E-state index contributed by atoms with van der Waals surface area (Å²) in [6.07, 6.45) is 3.03. The highest BCUT2D eigenvalue weighted by Gasteiger charge is 2.14. The summed E-state index contributed by atoms with van der Waals surface area (Å²) < 4.78 is 0. The van der Waals surface area contributed by atoms with Gasteiger partial charge in [0.15, 0.2) is 0 Å². The minimum atomic E-state index is 0.277. The van der Waals surface area contributed by atoms with Gasteiger partial charge in [-0.3, -0.25) is 0 Å². The Bertz CT molecular complexity index is 296. The smallest absolute Gasteiger partial charge is 0.115 e. The summed E-state index contributed by atoms with van der Waals surface area (Å²) >= 11 is 0. The number of aryl methyl sites for hydroxylation is 1. The van der Waals surface area contributed by atoms with Gasteiger partial charge in [0, 0.05) is 6.04 Å². The topological polar surface area (TPSA) is 46.2 Å². The molecule has 12 heavy (non-hydrogen) atoms. The highest BCUT2D eigenvalue weighted by atomic mass is 16.3. The predicted molar refractivity (Wildman–Crippen MR) is 48.1 cm³/mol. The van der Waals surface area contributed by atoms with E-state index in [9.17, 15) is 5.11 Å². The van der Waals surface area contributed by atoms with E-state index >= 15 is 0 Å². The Morgan fingerprint density at radius 1 is 1.33 bits per heavy atom. The van der Waals surface area contributed by atoms with Crippen LogP contribution in [0.5, 0.6) is 5.75 Å². The van der Waals surface area contributed by atoms with Crippen LogP contribution in [0.3, 0.4) is 0 Å². The van der Waals surface area contributed by atoms with Gasteiger partial charge in [-0.2, -0.15) is 0 Å². The van der Waals surface area contributed by atoms with E-state index in [1.54, 1.807) is 6.07 Å². The summed E-state index contributed by atoms with van der Waals surface area (Å²) in [6.45, 7) is 0. The van der Waals surface area contributed by atoms with E-state index in [1.165, 1.54) is 11.1 Å². The lowest BCUT2D eigenvalue weighted by Gasteiger charge is -2.21. The molecule has 0 amide bonds. The van der Waals surface area contributed by atoms with Gasteiger partial charge >= 0.3 is 0 Å². The maximum absolute atomic E-state index is 9.23. The molecule has 0 heterocycles. The zero-order valence-corrected chi connectivity index (χ0v) is 6.96. The number of phenolic OH excluding ortho intramolecular Hbond substituents is 1. The maximum Gasteiger partial charge on any atom is 0.115 e. The predicted octanol–water partition coefficient (Wildman–Crippen LogP) is 1.21. The van der Waals surface area contributed by atoms with Gasteiger partial charge < -0.3 is 10.8 Å². The second-order valence-corrected chi connectivity index (χ2v) is 3.46. The van der Waals surface area contributed by atoms with E-state index in [4.69, 9.17) is 5.73 Å². The van der Waals surface area contributed by atoms with E-state index in [0.717, 1.165) is 19.3 Å². The lowest BCUT2D eigenvalue weighted by atomic mass is 9.89. The first-order valence-corrected chi connectivity index (χ1v) is 4.32. The van der Waals surface area contributed by atoms with Crippen molar-refractivity contribution in [2.75, 3.05) is 0 Å². The molecule has 0 aromatic heterocycles. The molecule has 2 nitrogen and oxygen atoms in total. The molecule has 3 N–H and O–H groups in total. The molecule has 1 aromatic rings. The molecule has 0 saturated heterocycles. The number of benzene rings is 1. The van der Waals surface area contributed by atoms with Crippen molar-refractivity contribution in [3.63, 3.8) is 0 Å². The number of nitrogens with two attached hydrogens (primary N) is 1. The summed E-state index contributed by atoms with van der Waals surface area (Å²) in [7, 11) is 0. The van der Waals surface area contributed by atoms with Crippen LogP contribution in [0.2, 0.25) is 0 Å². The Kier molecular flexibility index (Phi) is 1.77. The Morgan fingerprint density at radius 2 is 2.17 bits per heavy atom. The quantitative estimate of drug-likeness (QED) is 0.604. The molecule has 1 aromatic carbocycles. The van der Waals surface area contributed by atoms with Gasteiger partial charge in [-0.25, -0.2) is 0 Å². The average molecular weight is 163 g/mol. The number of hydrogen-bond acceptors (Lipinski definition) is 2. The third kappa shape index (κ3) is 1.30. The number of fused-ring (bicyclic) bond motifs is 1. The van der Waals surface area contributed by atoms with Crippen molar-refractivity contribution in [1.29, 1.82) is 0 Å². The fourth-order valence-electron chi connectivity index (χ4n) is 1.77. The molecule has 64 valence electrons. The van der Waals surface area contributed by atoms with E-state index in [1.807, 2.05) is 12.1 Å². The lowest BCUT2D eigenvalue weighted by Crippen LogP contribution is -2.27. The number of rotatable bonds is 0. The molecule has 0 fully saturated rings. The first kappa shape index (κ1) is 7.62. The first-order valence-electron chi connectivity index (χ1n) is 4.32. The molecule has 0 radical (unpaired) electrons.